The van der Waals surface area contributed by atoms with Crippen LogP contribution in [0, 0.1) is 12.7 Å². The molecule has 0 atom stereocenters. The Kier molecular flexibility index (Phi) is 4.64. The van der Waals surface area contributed by atoms with Gasteiger partial charge in [0.15, 0.2) is 5.17 Å². The second-order valence-electron chi connectivity index (χ2n) is 6.03. The molecule has 3 aromatic rings. The molecule has 1 aliphatic rings. The van der Waals surface area contributed by atoms with Crippen LogP contribution < -0.4 is 5.32 Å². The molecule has 0 radical (unpaired) electrons. The molecule has 2 aromatic carbocycles. The number of nitrogens with one attached hydrogen (secondary N) is 1. The van der Waals surface area contributed by atoms with Crippen molar-refractivity contribution in [1.82, 2.24) is 5.32 Å². The van der Waals surface area contributed by atoms with Gasteiger partial charge in [0.1, 0.15) is 17.3 Å². The largest absolute Gasteiger partial charge is 0.457 e. The van der Waals surface area contributed by atoms with E-state index in [0.29, 0.717) is 21.6 Å². The molecular weight excluding hydrogens is 363 g/mol. The molecule has 4 rings (SSSR count). The van der Waals surface area contributed by atoms with Gasteiger partial charge in [-0.25, -0.2) is 9.38 Å². The quantitative estimate of drug-likeness (QED) is 0.631. The molecule has 0 bridgehead atoms. The van der Waals surface area contributed by atoms with Gasteiger partial charge in [0.05, 0.1) is 10.6 Å². The lowest BCUT2D eigenvalue weighted by molar-refractivity contribution is -0.115. The Morgan fingerprint density at radius 2 is 1.78 bits per heavy atom. The minimum absolute atomic E-state index is 0.217. The minimum Gasteiger partial charge on any atom is -0.457 e. The van der Waals surface area contributed by atoms with Crippen LogP contribution in [-0.4, -0.2) is 11.1 Å². The summed E-state index contributed by atoms with van der Waals surface area (Å²) in [7, 11) is 0. The first-order chi connectivity index (χ1) is 13.1. The van der Waals surface area contributed by atoms with Crippen molar-refractivity contribution in [2.75, 3.05) is 0 Å². The Morgan fingerprint density at radius 1 is 1.04 bits per heavy atom. The molecule has 1 saturated heterocycles. The van der Waals surface area contributed by atoms with E-state index >= 15 is 0 Å². The van der Waals surface area contributed by atoms with E-state index in [9.17, 15) is 9.18 Å². The Morgan fingerprint density at radius 3 is 2.52 bits per heavy atom. The van der Waals surface area contributed by atoms with Crippen LogP contribution in [0.4, 0.5) is 10.1 Å². The fourth-order valence-electron chi connectivity index (χ4n) is 2.55. The van der Waals surface area contributed by atoms with E-state index in [4.69, 9.17) is 4.42 Å². The van der Waals surface area contributed by atoms with Crippen molar-refractivity contribution in [2.45, 2.75) is 6.92 Å². The lowest BCUT2D eigenvalue weighted by Crippen LogP contribution is -2.19. The zero-order valence-corrected chi connectivity index (χ0v) is 15.2. The average Bonchev–Trinajstić information content (AvgIpc) is 3.25. The van der Waals surface area contributed by atoms with Gasteiger partial charge in [-0.05, 0) is 67.2 Å². The Hall–Kier alpha value is -3.12. The molecule has 1 N–H and O–H groups in total. The highest BCUT2D eigenvalue weighted by molar-refractivity contribution is 8.18. The van der Waals surface area contributed by atoms with Crippen LogP contribution in [0.5, 0.6) is 0 Å². The number of benzene rings is 2. The summed E-state index contributed by atoms with van der Waals surface area (Å²) in [5, 5.41) is 3.28. The first-order valence-electron chi connectivity index (χ1n) is 8.29. The normalized spacial score (nSPS) is 16.9. The lowest BCUT2D eigenvalue weighted by atomic mass is 10.2. The molecule has 0 aliphatic carbocycles. The van der Waals surface area contributed by atoms with Crippen LogP contribution >= 0.6 is 11.8 Å². The fraction of sp³-hybridized carbons (Fsp3) is 0.0476. The van der Waals surface area contributed by atoms with E-state index in [-0.39, 0.29) is 11.7 Å². The van der Waals surface area contributed by atoms with Gasteiger partial charge in [-0.2, -0.15) is 0 Å². The zero-order valence-electron chi connectivity index (χ0n) is 14.4. The maximum atomic E-state index is 13.0. The topological polar surface area (TPSA) is 54.6 Å². The van der Waals surface area contributed by atoms with Crippen molar-refractivity contribution in [1.29, 1.82) is 0 Å². The molecule has 6 heteroatoms. The van der Waals surface area contributed by atoms with Gasteiger partial charge in [-0.15, -0.1) is 0 Å². The number of aryl methyl sites for hydroxylation is 1. The number of carbonyl (C=O) groups excluding carboxylic acids is 1. The third-order valence-electron chi connectivity index (χ3n) is 3.94. The molecule has 1 aliphatic heterocycles. The second kappa shape index (κ2) is 7.25. The molecule has 4 nitrogen and oxygen atoms in total. The molecule has 1 fully saturated rings. The molecule has 27 heavy (non-hydrogen) atoms. The first-order valence-corrected chi connectivity index (χ1v) is 9.10. The van der Waals surface area contributed by atoms with Gasteiger partial charge in [-0.1, -0.05) is 17.7 Å². The van der Waals surface area contributed by atoms with Crippen LogP contribution in [0.25, 0.3) is 17.4 Å². The second-order valence-corrected chi connectivity index (χ2v) is 7.06. The third-order valence-corrected chi connectivity index (χ3v) is 4.85. The van der Waals surface area contributed by atoms with Crippen LogP contribution in [0.2, 0.25) is 0 Å². The number of rotatable bonds is 3. The smallest absolute Gasteiger partial charge is 0.264 e. The van der Waals surface area contributed by atoms with Gasteiger partial charge in [0.25, 0.3) is 5.91 Å². The van der Waals surface area contributed by atoms with Crippen molar-refractivity contribution < 1.29 is 13.6 Å². The molecule has 0 spiro atoms. The summed E-state index contributed by atoms with van der Waals surface area (Å²) < 4.78 is 18.8. The molecule has 1 aromatic heterocycles. The SMILES string of the molecule is Cc1ccc(N=C2NC(=O)/C(=C\c3ccc(-c4ccc(F)cc4)o3)S2)cc1. The molecule has 2 heterocycles. The van der Waals surface area contributed by atoms with Crippen LogP contribution in [0.1, 0.15) is 11.3 Å². The Labute approximate surface area is 159 Å². The summed E-state index contributed by atoms with van der Waals surface area (Å²) in [6.07, 6.45) is 1.67. The molecule has 0 saturated carbocycles. The van der Waals surface area contributed by atoms with Crippen molar-refractivity contribution in [2.24, 2.45) is 4.99 Å². The Balaban J connectivity index is 1.53. The zero-order chi connectivity index (χ0) is 18.8. The summed E-state index contributed by atoms with van der Waals surface area (Å²) >= 11 is 1.26. The predicted molar refractivity (Wildman–Crippen MR) is 106 cm³/mol. The highest BCUT2D eigenvalue weighted by Crippen LogP contribution is 2.30. The van der Waals surface area contributed by atoms with E-state index in [1.165, 1.54) is 23.9 Å². The summed E-state index contributed by atoms with van der Waals surface area (Å²) in [6.45, 7) is 2.01. The Bertz CT molecular complexity index is 1050. The highest BCUT2D eigenvalue weighted by Gasteiger charge is 2.24. The number of halogens is 1. The predicted octanol–water partition coefficient (Wildman–Crippen LogP) is 5.29. The van der Waals surface area contributed by atoms with E-state index in [0.717, 1.165) is 16.8 Å². The van der Waals surface area contributed by atoms with E-state index in [1.807, 2.05) is 31.2 Å². The third kappa shape index (κ3) is 4.01. The number of carbonyl (C=O) groups is 1. The van der Waals surface area contributed by atoms with Gasteiger partial charge in [0.2, 0.25) is 0 Å². The molecule has 0 unspecified atom stereocenters. The number of nitrogens with zero attached hydrogens (tertiary/aromatic N) is 1. The number of amidine groups is 1. The summed E-state index contributed by atoms with van der Waals surface area (Å²) in [6, 6.07) is 17.4. The lowest BCUT2D eigenvalue weighted by Gasteiger charge is -1.97. The molecular formula is C21H15FN2O2S. The van der Waals surface area contributed by atoms with Gasteiger partial charge >= 0.3 is 0 Å². The maximum Gasteiger partial charge on any atom is 0.264 e. The number of thioether (sulfide) groups is 1. The molecule has 1 amide bonds. The summed E-state index contributed by atoms with van der Waals surface area (Å²) in [5.41, 5.74) is 2.70. The van der Waals surface area contributed by atoms with E-state index in [2.05, 4.69) is 10.3 Å². The van der Waals surface area contributed by atoms with Gasteiger partial charge < -0.3 is 9.73 Å². The van der Waals surface area contributed by atoms with Crippen LogP contribution in [-0.2, 0) is 4.79 Å². The standard InChI is InChI=1S/C21H15FN2O2S/c1-13-2-8-16(9-3-13)23-21-24-20(25)19(27-21)12-17-10-11-18(26-17)14-4-6-15(22)7-5-14/h2-12H,1H3,(H,23,24,25)/b19-12+. The summed E-state index contributed by atoms with van der Waals surface area (Å²) in [5.74, 6) is 0.639. The monoisotopic (exact) mass is 378 g/mol. The average molecular weight is 378 g/mol. The number of hydrogen-bond acceptors (Lipinski definition) is 4. The molecule has 134 valence electrons. The number of aliphatic imine (C=N–C) groups is 1. The van der Waals surface area contributed by atoms with E-state index in [1.54, 1.807) is 30.3 Å². The van der Waals surface area contributed by atoms with Crippen molar-refractivity contribution in [3.8, 4) is 11.3 Å². The van der Waals surface area contributed by atoms with Crippen molar-refractivity contribution >= 4 is 34.6 Å². The number of amides is 1. The first kappa shape index (κ1) is 17.3. The van der Waals surface area contributed by atoms with Crippen LogP contribution in [0.3, 0.4) is 0 Å². The number of furan rings is 1. The van der Waals surface area contributed by atoms with E-state index < -0.39 is 0 Å². The van der Waals surface area contributed by atoms with Gasteiger partial charge in [0, 0.05) is 11.6 Å². The number of hydrogen-bond donors (Lipinski definition) is 1. The fourth-order valence-corrected chi connectivity index (χ4v) is 3.37. The van der Waals surface area contributed by atoms with Crippen LogP contribution in [0.15, 0.2) is 75.0 Å². The van der Waals surface area contributed by atoms with Crippen molar-refractivity contribution in [3.05, 3.63) is 82.7 Å². The summed E-state index contributed by atoms with van der Waals surface area (Å²) in [4.78, 5) is 17.1. The minimum atomic E-state index is -0.299. The highest BCUT2D eigenvalue weighted by atomic mass is 32.2. The maximum absolute atomic E-state index is 13.0. The van der Waals surface area contributed by atoms with Gasteiger partial charge in [-0.3, -0.25) is 4.79 Å². The van der Waals surface area contributed by atoms with Crippen molar-refractivity contribution in [3.63, 3.8) is 0 Å².